The summed E-state index contributed by atoms with van der Waals surface area (Å²) >= 11 is 0. The minimum Gasteiger partial charge on any atom is -0.355 e. The van der Waals surface area contributed by atoms with E-state index in [1.165, 1.54) is 11.9 Å². The van der Waals surface area contributed by atoms with Gasteiger partial charge in [0.05, 0.1) is 0 Å². The third-order valence-corrected chi connectivity index (χ3v) is 5.44. The first kappa shape index (κ1) is 18.9. The Balaban J connectivity index is 1.66. The number of hydrogen-bond acceptors (Lipinski definition) is 4. The van der Waals surface area contributed by atoms with E-state index in [2.05, 4.69) is 10.6 Å². The van der Waals surface area contributed by atoms with Crippen molar-refractivity contribution in [1.82, 2.24) is 15.1 Å². The van der Waals surface area contributed by atoms with E-state index < -0.39 is 17.5 Å². The Labute approximate surface area is 157 Å². The number of amides is 5. The Morgan fingerprint density at radius 2 is 1.70 bits per heavy atom. The van der Waals surface area contributed by atoms with Crippen LogP contribution in [0.25, 0.3) is 0 Å². The number of urea groups is 1. The molecule has 1 aromatic rings. The first-order chi connectivity index (χ1) is 12.9. The SMILES string of the molecule is CNC(=O)c1ccc(NC(=O)CN2C(=O)N(C)C3(CCCCC3)C2=O)cc1. The van der Waals surface area contributed by atoms with Crippen molar-refractivity contribution in [1.29, 1.82) is 0 Å². The Morgan fingerprint density at radius 1 is 1.07 bits per heavy atom. The zero-order valence-corrected chi connectivity index (χ0v) is 15.6. The highest BCUT2D eigenvalue weighted by Gasteiger charge is 2.55. The van der Waals surface area contributed by atoms with Crippen LogP contribution < -0.4 is 10.6 Å². The highest BCUT2D eigenvalue weighted by atomic mass is 16.2. The van der Waals surface area contributed by atoms with Crippen LogP contribution in [0.3, 0.4) is 0 Å². The van der Waals surface area contributed by atoms with Crippen LogP contribution in [0.2, 0.25) is 0 Å². The van der Waals surface area contributed by atoms with Crippen molar-refractivity contribution in [2.45, 2.75) is 37.6 Å². The Kier molecular flexibility index (Phi) is 5.16. The smallest absolute Gasteiger partial charge is 0.327 e. The van der Waals surface area contributed by atoms with E-state index in [0.717, 1.165) is 24.2 Å². The molecule has 2 fully saturated rings. The van der Waals surface area contributed by atoms with Crippen LogP contribution in [0.5, 0.6) is 0 Å². The lowest BCUT2D eigenvalue weighted by atomic mass is 9.81. The zero-order valence-electron chi connectivity index (χ0n) is 15.6. The summed E-state index contributed by atoms with van der Waals surface area (Å²) in [6, 6.07) is 5.96. The largest absolute Gasteiger partial charge is 0.355 e. The molecule has 1 aliphatic carbocycles. The highest BCUT2D eigenvalue weighted by molar-refractivity contribution is 6.10. The molecule has 8 nitrogen and oxygen atoms in total. The van der Waals surface area contributed by atoms with E-state index >= 15 is 0 Å². The van der Waals surface area contributed by atoms with Gasteiger partial charge in [-0.1, -0.05) is 19.3 Å². The second-order valence-electron chi connectivity index (χ2n) is 7.03. The predicted octanol–water partition coefficient (Wildman–Crippen LogP) is 1.58. The van der Waals surface area contributed by atoms with Gasteiger partial charge in [-0.05, 0) is 37.1 Å². The molecule has 8 heteroatoms. The monoisotopic (exact) mass is 372 g/mol. The number of carbonyl (C=O) groups excluding carboxylic acids is 4. The predicted molar refractivity (Wildman–Crippen MR) is 99.1 cm³/mol. The number of imide groups is 1. The molecule has 0 bridgehead atoms. The summed E-state index contributed by atoms with van der Waals surface area (Å²) in [5.74, 6) is -0.951. The maximum atomic E-state index is 12.9. The normalized spacial score (nSPS) is 18.7. The van der Waals surface area contributed by atoms with Crippen LogP contribution in [0, 0.1) is 0 Å². The van der Waals surface area contributed by atoms with Crippen molar-refractivity contribution in [2.24, 2.45) is 0 Å². The Morgan fingerprint density at radius 3 is 2.30 bits per heavy atom. The van der Waals surface area contributed by atoms with Gasteiger partial charge in [-0.2, -0.15) is 0 Å². The first-order valence-corrected chi connectivity index (χ1v) is 9.11. The quantitative estimate of drug-likeness (QED) is 0.784. The van der Waals surface area contributed by atoms with Gasteiger partial charge in [0.25, 0.3) is 11.8 Å². The van der Waals surface area contributed by atoms with Crippen LogP contribution in [0.1, 0.15) is 42.5 Å². The van der Waals surface area contributed by atoms with E-state index in [4.69, 9.17) is 0 Å². The molecule has 3 rings (SSSR count). The van der Waals surface area contributed by atoms with Crippen molar-refractivity contribution in [3.63, 3.8) is 0 Å². The van der Waals surface area contributed by atoms with Gasteiger partial charge < -0.3 is 15.5 Å². The number of nitrogens with one attached hydrogen (secondary N) is 2. The molecule has 1 saturated carbocycles. The van der Waals surface area contributed by atoms with Crippen molar-refractivity contribution in [3.05, 3.63) is 29.8 Å². The van der Waals surface area contributed by atoms with Gasteiger partial charge in [0, 0.05) is 25.3 Å². The topological polar surface area (TPSA) is 98.8 Å². The molecule has 0 aromatic heterocycles. The molecule has 1 spiro atoms. The first-order valence-electron chi connectivity index (χ1n) is 9.11. The fraction of sp³-hybridized carbons (Fsp3) is 0.474. The maximum Gasteiger partial charge on any atom is 0.327 e. The average molecular weight is 372 g/mol. The molecular weight excluding hydrogens is 348 g/mol. The van der Waals surface area contributed by atoms with Gasteiger partial charge in [-0.25, -0.2) is 4.79 Å². The molecule has 1 heterocycles. The van der Waals surface area contributed by atoms with Crippen LogP contribution in [0.15, 0.2) is 24.3 Å². The lowest BCUT2D eigenvalue weighted by Gasteiger charge is -2.35. The van der Waals surface area contributed by atoms with Gasteiger partial charge >= 0.3 is 6.03 Å². The van der Waals surface area contributed by atoms with E-state index in [1.54, 1.807) is 31.3 Å². The Hall–Kier alpha value is -2.90. The second-order valence-corrected chi connectivity index (χ2v) is 7.03. The van der Waals surface area contributed by atoms with Crippen molar-refractivity contribution < 1.29 is 19.2 Å². The van der Waals surface area contributed by atoms with Gasteiger partial charge in [0.2, 0.25) is 5.91 Å². The van der Waals surface area contributed by atoms with Crippen molar-refractivity contribution in [2.75, 3.05) is 26.0 Å². The van der Waals surface area contributed by atoms with Gasteiger partial charge in [-0.3, -0.25) is 19.3 Å². The molecule has 0 radical (unpaired) electrons. The number of anilines is 1. The lowest BCUT2D eigenvalue weighted by molar-refractivity contribution is -0.136. The highest BCUT2D eigenvalue weighted by Crippen LogP contribution is 2.39. The molecule has 27 heavy (non-hydrogen) atoms. The summed E-state index contributed by atoms with van der Waals surface area (Å²) in [5, 5.41) is 5.18. The molecule has 144 valence electrons. The summed E-state index contributed by atoms with van der Waals surface area (Å²) < 4.78 is 0. The fourth-order valence-electron chi connectivity index (χ4n) is 3.86. The average Bonchev–Trinajstić information content (AvgIpc) is 2.85. The lowest BCUT2D eigenvalue weighted by Crippen LogP contribution is -2.49. The number of benzene rings is 1. The molecule has 5 amide bonds. The Bertz CT molecular complexity index is 768. The summed E-state index contributed by atoms with van der Waals surface area (Å²) in [4.78, 5) is 51.9. The number of hydrogen-bond donors (Lipinski definition) is 2. The fourth-order valence-corrected chi connectivity index (χ4v) is 3.86. The minimum atomic E-state index is -0.787. The van der Waals surface area contributed by atoms with E-state index in [1.807, 2.05) is 0 Å². The van der Waals surface area contributed by atoms with E-state index in [9.17, 15) is 19.2 Å². The van der Waals surface area contributed by atoms with E-state index in [0.29, 0.717) is 24.1 Å². The van der Waals surface area contributed by atoms with Gasteiger partial charge in [0.1, 0.15) is 12.1 Å². The zero-order chi connectivity index (χ0) is 19.6. The molecule has 0 atom stereocenters. The van der Waals surface area contributed by atoms with E-state index in [-0.39, 0.29) is 18.4 Å². The second kappa shape index (κ2) is 7.38. The molecule has 1 saturated heterocycles. The summed E-state index contributed by atoms with van der Waals surface area (Å²) in [7, 11) is 3.18. The molecule has 1 aliphatic heterocycles. The van der Waals surface area contributed by atoms with Crippen molar-refractivity contribution in [3.8, 4) is 0 Å². The number of nitrogens with zero attached hydrogens (tertiary/aromatic N) is 2. The third kappa shape index (κ3) is 3.39. The van der Waals surface area contributed by atoms with Gasteiger partial charge in [-0.15, -0.1) is 0 Å². The standard InChI is InChI=1S/C19H24N4O4/c1-20-16(25)13-6-8-14(9-7-13)21-15(24)12-23-17(26)19(22(2)18(23)27)10-4-3-5-11-19/h6-9H,3-5,10-12H2,1-2H3,(H,20,25)(H,21,24). The number of rotatable bonds is 4. The summed E-state index contributed by atoms with van der Waals surface area (Å²) in [6.07, 6.45) is 4.16. The van der Waals surface area contributed by atoms with Crippen LogP contribution >= 0.6 is 0 Å². The minimum absolute atomic E-state index is 0.220. The number of carbonyl (C=O) groups is 4. The molecule has 2 aliphatic rings. The number of likely N-dealkylation sites (N-methyl/N-ethyl adjacent to an activating group) is 1. The molecule has 0 unspecified atom stereocenters. The summed E-state index contributed by atoms with van der Waals surface area (Å²) in [6.45, 7) is -0.318. The molecular formula is C19H24N4O4. The van der Waals surface area contributed by atoms with Crippen LogP contribution in [-0.4, -0.2) is 59.7 Å². The molecule has 2 N–H and O–H groups in total. The van der Waals surface area contributed by atoms with Gasteiger partial charge in [0.15, 0.2) is 0 Å². The van der Waals surface area contributed by atoms with Crippen LogP contribution in [0.4, 0.5) is 10.5 Å². The van der Waals surface area contributed by atoms with Crippen LogP contribution in [-0.2, 0) is 9.59 Å². The molecule has 1 aromatic carbocycles. The maximum absolute atomic E-state index is 12.9. The van der Waals surface area contributed by atoms with Crippen molar-refractivity contribution >= 4 is 29.4 Å². The summed E-state index contributed by atoms with van der Waals surface area (Å²) in [5.41, 5.74) is 0.180. The third-order valence-electron chi connectivity index (χ3n) is 5.44.